The van der Waals surface area contributed by atoms with Crippen LogP contribution in [0, 0.1) is 0 Å². The van der Waals surface area contributed by atoms with Gasteiger partial charge < -0.3 is 9.64 Å². The number of pyridine rings is 1. The number of hydrogen-bond acceptors (Lipinski definition) is 7. The number of carbonyl (C=O) groups is 1. The third-order valence-corrected chi connectivity index (χ3v) is 4.89. The summed E-state index contributed by atoms with van der Waals surface area (Å²) in [5.41, 5.74) is 4.10. The van der Waals surface area contributed by atoms with Crippen LogP contribution in [0.25, 0.3) is 22.3 Å². The van der Waals surface area contributed by atoms with Crippen LogP contribution in [0.1, 0.15) is 24.3 Å². The van der Waals surface area contributed by atoms with Gasteiger partial charge in [-0.25, -0.2) is 19.7 Å². The predicted octanol–water partition coefficient (Wildman–Crippen LogP) is 4.05. The Morgan fingerprint density at radius 1 is 1.07 bits per heavy atom. The van der Waals surface area contributed by atoms with Crippen molar-refractivity contribution in [3.05, 3.63) is 42.1 Å². The summed E-state index contributed by atoms with van der Waals surface area (Å²) >= 11 is 1.48. The van der Waals surface area contributed by atoms with Crippen LogP contribution >= 0.6 is 11.8 Å². The third kappa shape index (κ3) is 3.73. The number of ether oxygens (including phenoxy) is 1. The highest BCUT2D eigenvalue weighted by molar-refractivity contribution is 7.98. The molecule has 3 aromatic rings. The van der Waals surface area contributed by atoms with Crippen LogP contribution in [-0.2, 0) is 4.74 Å². The summed E-state index contributed by atoms with van der Waals surface area (Å²) in [6.45, 7) is 5.72. The van der Waals surface area contributed by atoms with E-state index in [2.05, 4.69) is 28.7 Å². The molecule has 3 rings (SSSR count). The molecule has 0 aliphatic rings. The fraction of sp³-hybridized carbons (Fsp3) is 0.300. The molecular weight excluding hydrogens is 360 g/mol. The van der Waals surface area contributed by atoms with Gasteiger partial charge in [-0.3, -0.25) is 0 Å². The van der Waals surface area contributed by atoms with Crippen molar-refractivity contribution in [1.82, 2.24) is 15.0 Å². The summed E-state index contributed by atoms with van der Waals surface area (Å²) in [6.07, 6.45) is 1.95. The zero-order chi connectivity index (χ0) is 19.4. The zero-order valence-electron chi connectivity index (χ0n) is 15.9. The molecule has 0 saturated carbocycles. The number of anilines is 1. The Bertz CT molecular complexity index is 959. The monoisotopic (exact) mass is 382 g/mol. The Kier molecular flexibility index (Phi) is 5.91. The topological polar surface area (TPSA) is 68.2 Å². The number of methoxy groups -OCH3 is 1. The molecule has 7 heteroatoms. The standard InChI is InChI=1S/C20H22N4O2S/c1-5-24(6-2)15-12-14(19(25)26-3)21-18-16(13-10-8-7-9-11-13)22-20(27-4)23-17(15)18/h7-12H,5-6H2,1-4H3. The number of rotatable bonds is 6. The number of fused-ring (bicyclic) bond motifs is 1. The maximum atomic E-state index is 12.2. The Labute approximate surface area is 163 Å². The van der Waals surface area contributed by atoms with Crippen molar-refractivity contribution in [3.8, 4) is 11.3 Å². The second-order valence-electron chi connectivity index (χ2n) is 5.81. The van der Waals surface area contributed by atoms with E-state index < -0.39 is 5.97 Å². The molecule has 0 spiro atoms. The first-order valence-corrected chi connectivity index (χ1v) is 10.0. The van der Waals surface area contributed by atoms with Crippen molar-refractivity contribution in [2.75, 3.05) is 31.4 Å². The Morgan fingerprint density at radius 3 is 2.37 bits per heavy atom. The molecule has 0 unspecified atom stereocenters. The lowest BCUT2D eigenvalue weighted by Gasteiger charge is -2.23. The van der Waals surface area contributed by atoms with Gasteiger partial charge in [0, 0.05) is 18.7 Å². The normalized spacial score (nSPS) is 10.8. The van der Waals surface area contributed by atoms with E-state index in [9.17, 15) is 4.79 Å². The van der Waals surface area contributed by atoms with Crippen LogP contribution in [0.5, 0.6) is 0 Å². The minimum Gasteiger partial charge on any atom is -0.464 e. The van der Waals surface area contributed by atoms with Gasteiger partial charge >= 0.3 is 5.97 Å². The molecule has 27 heavy (non-hydrogen) atoms. The molecule has 0 fully saturated rings. The van der Waals surface area contributed by atoms with E-state index in [1.165, 1.54) is 18.9 Å². The van der Waals surface area contributed by atoms with Crippen LogP contribution in [0.2, 0.25) is 0 Å². The first-order valence-electron chi connectivity index (χ1n) is 8.78. The van der Waals surface area contributed by atoms with E-state index in [0.29, 0.717) is 16.4 Å². The molecule has 0 amide bonds. The molecule has 6 nitrogen and oxygen atoms in total. The smallest absolute Gasteiger partial charge is 0.356 e. The first kappa shape index (κ1) is 19.1. The summed E-state index contributed by atoms with van der Waals surface area (Å²) in [5.74, 6) is -0.474. The molecule has 140 valence electrons. The van der Waals surface area contributed by atoms with Gasteiger partial charge in [0.05, 0.1) is 12.8 Å². The minimum atomic E-state index is -0.474. The Balaban J connectivity index is 2.41. The molecule has 0 aliphatic heterocycles. The largest absolute Gasteiger partial charge is 0.464 e. The van der Waals surface area contributed by atoms with Gasteiger partial charge in [0.15, 0.2) is 10.9 Å². The van der Waals surface area contributed by atoms with Gasteiger partial charge in [0.1, 0.15) is 16.7 Å². The van der Waals surface area contributed by atoms with Crippen LogP contribution in [0.4, 0.5) is 5.69 Å². The number of hydrogen-bond donors (Lipinski definition) is 0. The van der Waals surface area contributed by atoms with Crippen molar-refractivity contribution in [2.45, 2.75) is 19.0 Å². The lowest BCUT2D eigenvalue weighted by Crippen LogP contribution is -2.23. The lowest BCUT2D eigenvalue weighted by atomic mass is 10.1. The second-order valence-corrected chi connectivity index (χ2v) is 6.59. The third-order valence-electron chi connectivity index (χ3n) is 4.34. The van der Waals surface area contributed by atoms with Crippen molar-refractivity contribution in [2.24, 2.45) is 0 Å². The van der Waals surface area contributed by atoms with E-state index in [4.69, 9.17) is 9.72 Å². The minimum absolute atomic E-state index is 0.254. The second kappa shape index (κ2) is 8.35. The number of esters is 1. The van der Waals surface area contributed by atoms with Crippen LogP contribution in [0.15, 0.2) is 41.6 Å². The van der Waals surface area contributed by atoms with Gasteiger partial charge in [-0.05, 0) is 26.2 Å². The van der Waals surface area contributed by atoms with Gasteiger partial charge in [0.25, 0.3) is 0 Å². The van der Waals surface area contributed by atoms with Crippen LogP contribution in [-0.4, -0.2) is 47.4 Å². The average molecular weight is 382 g/mol. The maximum Gasteiger partial charge on any atom is 0.356 e. The molecule has 1 aromatic carbocycles. The maximum absolute atomic E-state index is 12.2. The van der Waals surface area contributed by atoms with E-state index in [1.807, 2.05) is 36.6 Å². The summed E-state index contributed by atoms with van der Waals surface area (Å²) in [5, 5.41) is 0.669. The van der Waals surface area contributed by atoms with E-state index in [-0.39, 0.29) is 5.69 Å². The van der Waals surface area contributed by atoms with Crippen LogP contribution < -0.4 is 4.90 Å². The van der Waals surface area contributed by atoms with Crippen molar-refractivity contribution >= 4 is 34.5 Å². The van der Waals surface area contributed by atoms with E-state index >= 15 is 0 Å². The molecule has 0 saturated heterocycles. The first-order chi connectivity index (χ1) is 13.1. The fourth-order valence-corrected chi connectivity index (χ4v) is 3.34. The molecule has 2 heterocycles. The summed E-state index contributed by atoms with van der Waals surface area (Å²) < 4.78 is 4.91. The number of thioether (sulfide) groups is 1. The number of nitrogens with zero attached hydrogens (tertiary/aromatic N) is 4. The van der Waals surface area contributed by atoms with Crippen LogP contribution in [0.3, 0.4) is 0 Å². The van der Waals surface area contributed by atoms with Gasteiger partial charge in [0.2, 0.25) is 0 Å². The number of carbonyl (C=O) groups excluding carboxylic acids is 1. The molecule has 0 aliphatic carbocycles. The average Bonchev–Trinajstić information content (AvgIpc) is 2.73. The zero-order valence-corrected chi connectivity index (χ0v) is 16.7. The molecule has 0 bridgehead atoms. The van der Waals surface area contributed by atoms with Gasteiger partial charge in [-0.2, -0.15) is 0 Å². The highest BCUT2D eigenvalue weighted by atomic mass is 32.2. The van der Waals surface area contributed by atoms with Crippen molar-refractivity contribution in [1.29, 1.82) is 0 Å². The Morgan fingerprint density at radius 2 is 1.78 bits per heavy atom. The molecule has 0 atom stereocenters. The molecular formula is C20H22N4O2S. The summed E-state index contributed by atoms with van der Waals surface area (Å²) in [4.78, 5) is 28.4. The fourth-order valence-electron chi connectivity index (χ4n) is 2.97. The van der Waals surface area contributed by atoms with E-state index in [1.54, 1.807) is 6.07 Å². The summed E-state index contributed by atoms with van der Waals surface area (Å²) in [6, 6.07) is 11.6. The number of aromatic nitrogens is 3. The predicted molar refractivity (Wildman–Crippen MR) is 109 cm³/mol. The molecule has 2 aromatic heterocycles. The molecule has 0 N–H and O–H groups in total. The van der Waals surface area contributed by atoms with E-state index in [0.717, 1.165) is 29.9 Å². The highest BCUT2D eigenvalue weighted by Crippen LogP contribution is 2.33. The lowest BCUT2D eigenvalue weighted by molar-refractivity contribution is 0.0594. The quantitative estimate of drug-likeness (QED) is 0.362. The summed E-state index contributed by atoms with van der Waals surface area (Å²) in [7, 11) is 1.36. The van der Waals surface area contributed by atoms with Gasteiger partial charge in [-0.1, -0.05) is 42.1 Å². The highest BCUT2D eigenvalue weighted by Gasteiger charge is 2.20. The SMILES string of the molecule is CCN(CC)c1cc(C(=O)OC)nc2c(-c3ccccc3)nc(SC)nc12. The van der Waals surface area contributed by atoms with Crippen molar-refractivity contribution < 1.29 is 9.53 Å². The molecule has 0 radical (unpaired) electrons. The number of benzene rings is 1. The van der Waals surface area contributed by atoms with Gasteiger partial charge in [-0.15, -0.1) is 0 Å². The Hall–Kier alpha value is -2.67. The van der Waals surface area contributed by atoms with Crippen molar-refractivity contribution in [3.63, 3.8) is 0 Å².